The van der Waals surface area contributed by atoms with Gasteiger partial charge in [-0.1, -0.05) is 30.3 Å². The molecule has 1 fully saturated rings. The first-order chi connectivity index (χ1) is 13.5. The number of likely N-dealkylation sites (N-methyl/N-ethyl adjacent to an activating group) is 2. The highest BCUT2D eigenvalue weighted by Gasteiger charge is 2.25. The lowest BCUT2D eigenvalue weighted by molar-refractivity contribution is -0.128. The van der Waals surface area contributed by atoms with Crippen LogP contribution in [-0.2, 0) is 4.79 Å². The van der Waals surface area contributed by atoms with Gasteiger partial charge in [0, 0.05) is 38.4 Å². The van der Waals surface area contributed by atoms with Crippen LogP contribution in [0.25, 0.3) is 0 Å². The first-order valence-corrected chi connectivity index (χ1v) is 9.79. The third-order valence-electron chi connectivity index (χ3n) is 5.27. The molecule has 2 aromatic rings. The van der Waals surface area contributed by atoms with Gasteiger partial charge in [-0.3, -0.25) is 15.6 Å². The number of carbonyl (C=O) groups excluding carboxylic acids is 1. The van der Waals surface area contributed by atoms with Gasteiger partial charge in [0.2, 0.25) is 5.91 Å². The molecule has 1 aliphatic rings. The molecular formula is C22H29FN4O. The largest absolute Gasteiger partial charge is 0.365 e. The minimum atomic E-state index is -0.205. The van der Waals surface area contributed by atoms with E-state index >= 15 is 0 Å². The summed E-state index contributed by atoms with van der Waals surface area (Å²) < 4.78 is 13.4. The number of anilines is 1. The summed E-state index contributed by atoms with van der Waals surface area (Å²) in [4.78, 5) is 16.2. The summed E-state index contributed by atoms with van der Waals surface area (Å²) >= 11 is 0. The number of hydrogen-bond donors (Lipinski definition) is 2. The highest BCUT2D eigenvalue weighted by Crippen LogP contribution is 2.24. The van der Waals surface area contributed by atoms with Gasteiger partial charge in [0.25, 0.3) is 0 Å². The summed E-state index contributed by atoms with van der Waals surface area (Å²) in [6, 6.07) is 17.1. The molecule has 2 unspecified atom stereocenters. The van der Waals surface area contributed by atoms with Crippen molar-refractivity contribution in [3.8, 4) is 0 Å². The zero-order valence-corrected chi connectivity index (χ0v) is 16.6. The zero-order valence-electron chi connectivity index (χ0n) is 16.6. The molecule has 0 spiro atoms. The average Bonchev–Trinajstić information content (AvgIpc) is 3.17. The van der Waals surface area contributed by atoms with Crippen LogP contribution in [0.15, 0.2) is 54.6 Å². The first-order valence-electron chi connectivity index (χ1n) is 9.79. The van der Waals surface area contributed by atoms with Gasteiger partial charge >= 0.3 is 0 Å². The molecule has 2 aromatic carbocycles. The van der Waals surface area contributed by atoms with Crippen molar-refractivity contribution in [2.75, 3.05) is 32.1 Å². The van der Waals surface area contributed by atoms with E-state index in [4.69, 9.17) is 0 Å². The lowest BCUT2D eigenvalue weighted by Crippen LogP contribution is -2.37. The third kappa shape index (κ3) is 5.53. The number of hydrazine groups is 1. The Bertz CT molecular complexity index is 770. The van der Waals surface area contributed by atoms with Gasteiger partial charge in [-0.25, -0.2) is 4.39 Å². The predicted octanol–water partition coefficient (Wildman–Crippen LogP) is 3.11. The molecule has 28 heavy (non-hydrogen) atoms. The quantitative estimate of drug-likeness (QED) is 0.734. The first kappa shape index (κ1) is 20.3. The molecule has 0 aromatic heterocycles. The molecule has 1 saturated heterocycles. The number of hydrogen-bond acceptors (Lipinski definition) is 4. The van der Waals surface area contributed by atoms with Crippen LogP contribution < -0.4 is 15.8 Å². The van der Waals surface area contributed by atoms with Crippen LogP contribution in [0, 0.1) is 5.82 Å². The average molecular weight is 384 g/mol. The fourth-order valence-electron chi connectivity index (χ4n) is 3.55. The molecule has 2 N–H and O–H groups in total. The lowest BCUT2D eigenvalue weighted by Gasteiger charge is -2.23. The van der Waals surface area contributed by atoms with Crippen LogP contribution in [0.5, 0.6) is 0 Å². The summed E-state index contributed by atoms with van der Waals surface area (Å²) in [6.45, 7) is 1.09. The highest BCUT2D eigenvalue weighted by atomic mass is 19.1. The molecule has 0 aliphatic carbocycles. The standard InChI is InChI=1S/C22H29FN4O/c1-26(22(28)16-27(2)20-11-4-3-5-12-20)13-7-10-19-15-21(25-24-19)17-8-6-9-18(23)14-17/h3-6,8-9,11-12,14,19,21,24-25H,7,10,13,15-16H2,1-2H3. The summed E-state index contributed by atoms with van der Waals surface area (Å²) in [6.07, 6.45) is 2.80. The minimum Gasteiger partial charge on any atom is -0.365 e. The Labute approximate surface area is 166 Å². The molecule has 2 atom stereocenters. The Balaban J connectivity index is 1.38. The fraction of sp³-hybridized carbons (Fsp3) is 0.409. The molecule has 0 radical (unpaired) electrons. The van der Waals surface area contributed by atoms with Crippen molar-refractivity contribution in [3.63, 3.8) is 0 Å². The maximum absolute atomic E-state index is 13.4. The number of nitrogens with zero attached hydrogens (tertiary/aromatic N) is 2. The number of amides is 1. The van der Waals surface area contributed by atoms with E-state index < -0.39 is 0 Å². The molecule has 6 heteroatoms. The van der Waals surface area contributed by atoms with Crippen LogP contribution >= 0.6 is 0 Å². The van der Waals surface area contributed by atoms with Gasteiger partial charge in [-0.2, -0.15) is 0 Å². The molecule has 5 nitrogen and oxygen atoms in total. The van der Waals surface area contributed by atoms with Gasteiger partial charge in [0.15, 0.2) is 0 Å². The van der Waals surface area contributed by atoms with E-state index in [1.54, 1.807) is 17.0 Å². The second-order valence-electron chi connectivity index (χ2n) is 7.48. The second-order valence-corrected chi connectivity index (χ2v) is 7.48. The zero-order chi connectivity index (χ0) is 19.9. The van der Waals surface area contributed by atoms with E-state index in [-0.39, 0.29) is 17.8 Å². The van der Waals surface area contributed by atoms with Crippen molar-refractivity contribution >= 4 is 11.6 Å². The van der Waals surface area contributed by atoms with Crippen molar-refractivity contribution in [3.05, 3.63) is 66.0 Å². The topological polar surface area (TPSA) is 47.6 Å². The number of halogens is 1. The number of benzene rings is 2. The third-order valence-corrected chi connectivity index (χ3v) is 5.27. The smallest absolute Gasteiger partial charge is 0.241 e. The molecule has 1 aliphatic heterocycles. The van der Waals surface area contributed by atoms with Crippen LogP contribution in [0.4, 0.5) is 10.1 Å². The lowest BCUT2D eigenvalue weighted by atomic mass is 9.99. The molecular weight excluding hydrogens is 355 g/mol. The maximum Gasteiger partial charge on any atom is 0.241 e. The number of nitrogens with one attached hydrogen (secondary N) is 2. The highest BCUT2D eigenvalue weighted by molar-refractivity contribution is 5.81. The van der Waals surface area contributed by atoms with Gasteiger partial charge in [-0.05, 0) is 49.1 Å². The van der Waals surface area contributed by atoms with Gasteiger partial charge < -0.3 is 9.80 Å². The van der Waals surface area contributed by atoms with Crippen molar-refractivity contribution in [2.24, 2.45) is 0 Å². The Hall–Kier alpha value is -2.44. The van der Waals surface area contributed by atoms with Crippen LogP contribution in [0.1, 0.15) is 30.9 Å². The number of para-hydroxylation sites is 1. The SMILES string of the molecule is CN(CCCC1CC(c2cccc(F)c2)NN1)C(=O)CN(C)c1ccccc1. The van der Waals surface area contributed by atoms with Crippen molar-refractivity contribution in [1.82, 2.24) is 15.8 Å². The predicted molar refractivity (Wildman–Crippen MR) is 110 cm³/mol. The molecule has 0 bridgehead atoms. The van der Waals surface area contributed by atoms with E-state index in [1.165, 1.54) is 6.07 Å². The number of carbonyl (C=O) groups is 1. The van der Waals surface area contributed by atoms with Crippen LogP contribution in [0.2, 0.25) is 0 Å². The molecule has 1 heterocycles. The number of rotatable bonds is 8. The molecule has 1 amide bonds. The summed E-state index contributed by atoms with van der Waals surface area (Å²) in [7, 11) is 3.79. The van der Waals surface area contributed by atoms with Crippen molar-refractivity contribution < 1.29 is 9.18 Å². The summed E-state index contributed by atoms with van der Waals surface area (Å²) in [5, 5.41) is 0. The van der Waals surface area contributed by atoms with E-state index in [1.807, 2.05) is 55.4 Å². The van der Waals surface area contributed by atoms with Crippen LogP contribution in [-0.4, -0.2) is 44.0 Å². The van der Waals surface area contributed by atoms with Gasteiger partial charge in [0.1, 0.15) is 5.82 Å². The van der Waals surface area contributed by atoms with Gasteiger partial charge in [0.05, 0.1) is 6.54 Å². The maximum atomic E-state index is 13.4. The van der Waals surface area contributed by atoms with E-state index in [2.05, 4.69) is 10.9 Å². The Morgan fingerprint density at radius 3 is 2.64 bits per heavy atom. The molecule has 0 saturated carbocycles. The van der Waals surface area contributed by atoms with E-state index in [0.717, 1.165) is 37.1 Å². The summed E-state index contributed by atoms with van der Waals surface area (Å²) in [5.41, 5.74) is 8.55. The minimum absolute atomic E-state index is 0.112. The molecule has 150 valence electrons. The fourth-order valence-corrected chi connectivity index (χ4v) is 3.55. The van der Waals surface area contributed by atoms with Crippen molar-refractivity contribution in [2.45, 2.75) is 31.3 Å². The van der Waals surface area contributed by atoms with Crippen LogP contribution in [0.3, 0.4) is 0 Å². The normalized spacial score (nSPS) is 18.8. The Morgan fingerprint density at radius 2 is 1.89 bits per heavy atom. The monoisotopic (exact) mass is 384 g/mol. The van der Waals surface area contributed by atoms with Crippen molar-refractivity contribution in [1.29, 1.82) is 0 Å². The Kier molecular flexibility index (Phi) is 7.01. The van der Waals surface area contributed by atoms with Gasteiger partial charge in [-0.15, -0.1) is 0 Å². The second kappa shape index (κ2) is 9.66. The summed E-state index contributed by atoms with van der Waals surface area (Å²) in [5.74, 6) is -0.0927. The van der Waals surface area contributed by atoms with E-state index in [9.17, 15) is 9.18 Å². The van der Waals surface area contributed by atoms with E-state index in [0.29, 0.717) is 12.6 Å². The molecule has 3 rings (SSSR count). The Morgan fingerprint density at radius 1 is 1.11 bits per heavy atom.